The molecule has 0 bridgehead atoms. The number of hydrogen-bond donors (Lipinski definition) is 1. The molecule has 0 saturated heterocycles. The van der Waals surface area contributed by atoms with E-state index in [2.05, 4.69) is 11.4 Å². The lowest BCUT2D eigenvalue weighted by Crippen LogP contribution is -2.24. The van der Waals surface area contributed by atoms with E-state index < -0.39 is 0 Å². The van der Waals surface area contributed by atoms with Gasteiger partial charge in [0.2, 0.25) is 0 Å². The standard InChI is InChI=1S/C25H20Cl2N2O2/c26-21-7-5-18(23(27)14-21)12-20-15-31-24-8-6-17(13-22(20)24)16-3-1-4-19(11-16)25(30)29-10-2-9-28/h1,3-8,11,13-14,20H,2,10,12,15H2,(H,29,30). The molecule has 1 atom stereocenters. The number of carbonyl (C=O) groups excluding carboxylic acids is 1. The Morgan fingerprint density at radius 1 is 1.10 bits per heavy atom. The molecule has 1 heterocycles. The van der Waals surface area contributed by atoms with Gasteiger partial charge in [0.05, 0.1) is 19.1 Å². The van der Waals surface area contributed by atoms with Gasteiger partial charge in [-0.2, -0.15) is 5.26 Å². The molecule has 0 aliphatic carbocycles. The topological polar surface area (TPSA) is 62.1 Å². The van der Waals surface area contributed by atoms with Crippen molar-refractivity contribution in [3.8, 4) is 22.9 Å². The number of nitriles is 1. The average molecular weight is 451 g/mol. The molecule has 1 amide bonds. The Kier molecular flexibility index (Phi) is 6.46. The van der Waals surface area contributed by atoms with Crippen LogP contribution < -0.4 is 10.1 Å². The summed E-state index contributed by atoms with van der Waals surface area (Å²) in [5.74, 6) is 0.882. The molecule has 0 aromatic heterocycles. The van der Waals surface area contributed by atoms with Crippen molar-refractivity contribution in [1.82, 2.24) is 5.32 Å². The van der Waals surface area contributed by atoms with Crippen LogP contribution in [0.15, 0.2) is 60.7 Å². The molecule has 1 aliphatic rings. The van der Waals surface area contributed by atoms with Gasteiger partial charge in [-0.3, -0.25) is 4.79 Å². The summed E-state index contributed by atoms with van der Waals surface area (Å²) < 4.78 is 5.90. The second-order valence-corrected chi connectivity index (χ2v) is 8.29. The predicted molar refractivity (Wildman–Crippen MR) is 123 cm³/mol. The van der Waals surface area contributed by atoms with Gasteiger partial charge < -0.3 is 10.1 Å². The first-order valence-electron chi connectivity index (χ1n) is 10.0. The van der Waals surface area contributed by atoms with E-state index in [0.29, 0.717) is 28.8 Å². The first kappa shape index (κ1) is 21.2. The van der Waals surface area contributed by atoms with Crippen molar-refractivity contribution >= 4 is 29.1 Å². The quantitative estimate of drug-likeness (QED) is 0.466. The zero-order valence-electron chi connectivity index (χ0n) is 16.7. The van der Waals surface area contributed by atoms with E-state index in [-0.39, 0.29) is 18.2 Å². The molecular formula is C25H20Cl2N2O2. The summed E-state index contributed by atoms with van der Waals surface area (Å²) in [7, 11) is 0. The number of halogens is 2. The Balaban J connectivity index is 1.57. The van der Waals surface area contributed by atoms with Crippen LogP contribution in [0, 0.1) is 11.3 Å². The van der Waals surface area contributed by atoms with Crippen LogP contribution in [-0.2, 0) is 6.42 Å². The van der Waals surface area contributed by atoms with Crippen LogP contribution in [0.1, 0.15) is 33.8 Å². The van der Waals surface area contributed by atoms with Gasteiger partial charge in [-0.25, -0.2) is 0 Å². The van der Waals surface area contributed by atoms with Crippen molar-refractivity contribution in [2.24, 2.45) is 0 Å². The summed E-state index contributed by atoms with van der Waals surface area (Å²) in [5, 5.41) is 12.7. The summed E-state index contributed by atoms with van der Waals surface area (Å²) in [4.78, 5) is 12.3. The Hall–Kier alpha value is -3.00. The smallest absolute Gasteiger partial charge is 0.251 e. The fourth-order valence-electron chi connectivity index (χ4n) is 3.75. The number of benzene rings is 3. The van der Waals surface area contributed by atoms with Crippen molar-refractivity contribution in [2.75, 3.05) is 13.2 Å². The Labute approximate surface area is 191 Å². The van der Waals surface area contributed by atoms with Crippen molar-refractivity contribution < 1.29 is 9.53 Å². The molecule has 3 aromatic rings. The van der Waals surface area contributed by atoms with Gasteiger partial charge in [-0.1, -0.05) is 47.5 Å². The summed E-state index contributed by atoms with van der Waals surface area (Å²) in [5.41, 5.74) is 4.70. The Morgan fingerprint density at radius 3 is 2.74 bits per heavy atom. The van der Waals surface area contributed by atoms with Crippen LogP contribution >= 0.6 is 23.2 Å². The largest absolute Gasteiger partial charge is 0.493 e. The maximum Gasteiger partial charge on any atom is 0.251 e. The van der Waals surface area contributed by atoms with Gasteiger partial charge in [0, 0.05) is 33.6 Å². The van der Waals surface area contributed by atoms with Crippen LogP contribution in [0.25, 0.3) is 11.1 Å². The molecule has 0 radical (unpaired) electrons. The molecule has 1 unspecified atom stereocenters. The second-order valence-electron chi connectivity index (χ2n) is 7.45. The molecule has 1 N–H and O–H groups in total. The van der Waals surface area contributed by atoms with Gasteiger partial charge >= 0.3 is 0 Å². The highest BCUT2D eigenvalue weighted by molar-refractivity contribution is 6.35. The van der Waals surface area contributed by atoms with E-state index in [1.807, 2.05) is 48.5 Å². The third-order valence-electron chi connectivity index (χ3n) is 5.35. The highest BCUT2D eigenvalue weighted by atomic mass is 35.5. The Morgan fingerprint density at radius 2 is 1.94 bits per heavy atom. The lowest BCUT2D eigenvalue weighted by Gasteiger charge is -2.12. The summed E-state index contributed by atoms with van der Waals surface area (Å²) in [6, 6.07) is 21.2. The number of rotatable bonds is 6. The number of amides is 1. The second kappa shape index (κ2) is 9.43. The highest BCUT2D eigenvalue weighted by Gasteiger charge is 2.25. The first-order valence-corrected chi connectivity index (χ1v) is 10.8. The molecule has 0 spiro atoms. The van der Waals surface area contributed by atoms with Crippen LogP contribution in [0.3, 0.4) is 0 Å². The molecule has 0 fully saturated rings. The van der Waals surface area contributed by atoms with E-state index in [0.717, 1.165) is 34.4 Å². The Bertz CT molecular complexity index is 1170. The maximum atomic E-state index is 12.3. The number of nitrogens with one attached hydrogen (secondary N) is 1. The monoisotopic (exact) mass is 450 g/mol. The summed E-state index contributed by atoms with van der Waals surface area (Å²) in [6.45, 7) is 0.934. The van der Waals surface area contributed by atoms with Gasteiger partial charge in [0.1, 0.15) is 5.75 Å². The lowest BCUT2D eigenvalue weighted by molar-refractivity contribution is 0.0954. The third kappa shape index (κ3) is 4.85. The molecule has 6 heteroatoms. The number of carbonyl (C=O) groups is 1. The first-order chi connectivity index (χ1) is 15.0. The maximum absolute atomic E-state index is 12.3. The minimum Gasteiger partial charge on any atom is -0.493 e. The predicted octanol–water partition coefficient (Wildman–Crippen LogP) is 6.02. The van der Waals surface area contributed by atoms with E-state index in [4.69, 9.17) is 33.2 Å². The number of nitrogens with zero attached hydrogens (tertiary/aromatic N) is 1. The zero-order valence-corrected chi connectivity index (χ0v) is 18.2. The highest BCUT2D eigenvalue weighted by Crippen LogP contribution is 2.39. The zero-order chi connectivity index (χ0) is 21.8. The molecule has 156 valence electrons. The number of ether oxygens (including phenoxy) is 1. The van der Waals surface area contributed by atoms with Crippen LogP contribution in [0.4, 0.5) is 0 Å². The number of hydrogen-bond acceptors (Lipinski definition) is 3. The van der Waals surface area contributed by atoms with Crippen LogP contribution in [0.5, 0.6) is 5.75 Å². The summed E-state index contributed by atoms with van der Waals surface area (Å²) in [6.07, 6.45) is 1.04. The van der Waals surface area contributed by atoms with Crippen molar-refractivity contribution in [3.05, 3.63) is 87.4 Å². The van der Waals surface area contributed by atoms with E-state index >= 15 is 0 Å². The molecule has 4 nitrogen and oxygen atoms in total. The third-order valence-corrected chi connectivity index (χ3v) is 5.94. The van der Waals surface area contributed by atoms with Gasteiger partial charge in [0.25, 0.3) is 5.91 Å². The minimum absolute atomic E-state index is 0.183. The van der Waals surface area contributed by atoms with E-state index in [1.165, 1.54) is 0 Å². The van der Waals surface area contributed by atoms with Gasteiger partial charge in [-0.05, 0) is 59.5 Å². The molecule has 0 saturated carbocycles. The molecular weight excluding hydrogens is 431 g/mol. The molecule has 1 aliphatic heterocycles. The minimum atomic E-state index is -0.183. The molecule has 3 aromatic carbocycles. The summed E-state index contributed by atoms with van der Waals surface area (Å²) >= 11 is 12.4. The fraction of sp³-hybridized carbons (Fsp3) is 0.200. The van der Waals surface area contributed by atoms with Gasteiger partial charge in [-0.15, -0.1) is 0 Å². The van der Waals surface area contributed by atoms with Crippen molar-refractivity contribution in [1.29, 1.82) is 5.26 Å². The molecule has 4 rings (SSSR count). The molecule has 31 heavy (non-hydrogen) atoms. The van der Waals surface area contributed by atoms with E-state index in [9.17, 15) is 4.79 Å². The average Bonchev–Trinajstić information content (AvgIpc) is 3.18. The van der Waals surface area contributed by atoms with E-state index in [1.54, 1.807) is 12.1 Å². The lowest BCUT2D eigenvalue weighted by atomic mass is 9.91. The normalized spacial score (nSPS) is 14.4. The van der Waals surface area contributed by atoms with Crippen molar-refractivity contribution in [2.45, 2.75) is 18.8 Å². The van der Waals surface area contributed by atoms with Crippen molar-refractivity contribution in [3.63, 3.8) is 0 Å². The fourth-order valence-corrected chi connectivity index (χ4v) is 4.24. The SMILES string of the molecule is N#CCCNC(=O)c1cccc(-c2ccc3c(c2)C(Cc2ccc(Cl)cc2Cl)CO3)c1. The number of fused-ring (bicyclic) bond motifs is 1. The van der Waals surface area contributed by atoms with Crippen LogP contribution in [0.2, 0.25) is 10.0 Å². The van der Waals surface area contributed by atoms with Crippen LogP contribution in [-0.4, -0.2) is 19.1 Å². The van der Waals surface area contributed by atoms with Gasteiger partial charge in [0.15, 0.2) is 0 Å².